The number of nitriles is 1. The molecule has 0 unspecified atom stereocenters. The maximum atomic E-state index is 8.88. The molecule has 0 atom stereocenters. The standard InChI is InChI=1S/C16H12N2O2S/c1-19-14-8-11(9-17)6-7-13(14)20-10-16-18-12-4-2-3-5-15(12)21-16/h2-8H,10H2,1H3. The summed E-state index contributed by atoms with van der Waals surface area (Å²) >= 11 is 1.61. The molecule has 1 heterocycles. The fourth-order valence-electron chi connectivity index (χ4n) is 1.98. The lowest BCUT2D eigenvalue weighted by molar-refractivity contribution is 0.284. The van der Waals surface area contributed by atoms with Crippen molar-refractivity contribution in [3.05, 3.63) is 53.0 Å². The van der Waals surface area contributed by atoms with Crippen molar-refractivity contribution in [2.75, 3.05) is 7.11 Å². The van der Waals surface area contributed by atoms with Crippen LogP contribution in [-0.2, 0) is 6.61 Å². The summed E-state index contributed by atoms with van der Waals surface area (Å²) in [4.78, 5) is 4.52. The van der Waals surface area contributed by atoms with Crippen LogP contribution in [0, 0.1) is 11.3 Å². The minimum absolute atomic E-state index is 0.377. The van der Waals surface area contributed by atoms with Gasteiger partial charge in [0.2, 0.25) is 0 Å². The van der Waals surface area contributed by atoms with Crippen LogP contribution in [0.5, 0.6) is 11.5 Å². The number of hydrogen-bond donors (Lipinski definition) is 0. The summed E-state index contributed by atoms with van der Waals surface area (Å²) in [5.41, 5.74) is 1.52. The Bertz CT molecular complexity index is 788. The molecule has 5 heteroatoms. The highest BCUT2D eigenvalue weighted by molar-refractivity contribution is 7.18. The third kappa shape index (κ3) is 2.81. The first-order valence-electron chi connectivity index (χ1n) is 6.35. The number of aromatic nitrogens is 1. The number of benzene rings is 2. The van der Waals surface area contributed by atoms with Gasteiger partial charge in [0.15, 0.2) is 11.5 Å². The highest BCUT2D eigenvalue weighted by Crippen LogP contribution is 2.29. The normalized spacial score (nSPS) is 10.3. The molecule has 0 bridgehead atoms. The van der Waals surface area contributed by atoms with Crippen LogP contribution in [0.15, 0.2) is 42.5 Å². The van der Waals surface area contributed by atoms with Crippen molar-refractivity contribution in [1.82, 2.24) is 4.98 Å². The first kappa shape index (κ1) is 13.4. The van der Waals surface area contributed by atoms with E-state index in [2.05, 4.69) is 11.1 Å². The Kier molecular flexibility index (Phi) is 3.71. The predicted molar refractivity (Wildman–Crippen MR) is 81.7 cm³/mol. The maximum absolute atomic E-state index is 8.88. The molecule has 0 spiro atoms. The first-order chi connectivity index (χ1) is 10.3. The highest BCUT2D eigenvalue weighted by Gasteiger charge is 2.08. The van der Waals surface area contributed by atoms with E-state index in [-0.39, 0.29) is 0 Å². The van der Waals surface area contributed by atoms with Crippen molar-refractivity contribution in [1.29, 1.82) is 5.26 Å². The number of methoxy groups -OCH3 is 1. The van der Waals surface area contributed by atoms with Crippen LogP contribution in [0.25, 0.3) is 10.2 Å². The van der Waals surface area contributed by atoms with E-state index in [1.807, 2.05) is 24.3 Å². The predicted octanol–water partition coefficient (Wildman–Crippen LogP) is 3.76. The molecule has 0 amide bonds. The van der Waals surface area contributed by atoms with Gasteiger partial charge in [-0.05, 0) is 24.3 Å². The molecular weight excluding hydrogens is 284 g/mol. The molecule has 0 aliphatic rings. The third-order valence-electron chi connectivity index (χ3n) is 2.98. The van der Waals surface area contributed by atoms with Crippen LogP contribution in [0.3, 0.4) is 0 Å². The molecule has 0 saturated heterocycles. The van der Waals surface area contributed by atoms with Crippen molar-refractivity contribution in [3.8, 4) is 17.6 Å². The summed E-state index contributed by atoms with van der Waals surface area (Å²) in [6.07, 6.45) is 0. The number of rotatable bonds is 4. The van der Waals surface area contributed by atoms with Crippen LogP contribution in [0.2, 0.25) is 0 Å². The lowest BCUT2D eigenvalue weighted by atomic mass is 10.2. The summed E-state index contributed by atoms with van der Waals surface area (Å²) in [7, 11) is 1.56. The van der Waals surface area contributed by atoms with E-state index in [0.29, 0.717) is 23.7 Å². The molecular formula is C16H12N2O2S. The molecule has 0 radical (unpaired) electrons. The van der Waals surface area contributed by atoms with Gasteiger partial charge in [0.05, 0.1) is 29.0 Å². The molecule has 0 saturated carbocycles. The zero-order chi connectivity index (χ0) is 14.7. The quantitative estimate of drug-likeness (QED) is 0.735. The number of thiazole rings is 1. The van der Waals surface area contributed by atoms with Crippen LogP contribution < -0.4 is 9.47 Å². The minimum atomic E-state index is 0.377. The lowest BCUT2D eigenvalue weighted by Crippen LogP contribution is -1.97. The molecule has 3 rings (SSSR count). The van der Waals surface area contributed by atoms with Gasteiger partial charge in [-0.3, -0.25) is 0 Å². The van der Waals surface area contributed by atoms with Crippen LogP contribution in [-0.4, -0.2) is 12.1 Å². The van der Waals surface area contributed by atoms with Crippen molar-refractivity contribution in [2.24, 2.45) is 0 Å². The van der Waals surface area contributed by atoms with Crippen molar-refractivity contribution >= 4 is 21.6 Å². The van der Waals surface area contributed by atoms with Gasteiger partial charge in [-0.1, -0.05) is 12.1 Å². The summed E-state index contributed by atoms with van der Waals surface area (Å²) < 4.78 is 12.1. The number of hydrogen-bond acceptors (Lipinski definition) is 5. The molecule has 4 nitrogen and oxygen atoms in total. The summed E-state index contributed by atoms with van der Waals surface area (Å²) in [5.74, 6) is 1.16. The molecule has 1 aromatic heterocycles. The van der Waals surface area contributed by atoms with Gasteiger partial charge < -0.3 is 9.47 Å². The van der Waals surface area contributed by atoms with Crippen LogP contribution >= 0.6 is 11.3 Å². The van der Waals surface area contributed by atoms with Crippen molar-refractivity contribution in [3.63, 3.8) is 0 Å². The van der Waals surface area contributed by atoms with Gasteiger partial charge in [-0.2, -0.15) is 5.26 Å². The van der Waals surface area contributed by atoms with Crippen LogP contribution in [0.1, 0.15) is 10.6 Å². The summed E-state index contributed by atoms with van der Waals surface area (Å²) in [5, 5.41) is 9.79. The fraction of sp³-hybridized carbons (Fsp3) is 0.125. The van der Waals surface area contributed by atoms with Gasteiger partial charge in [0.1, 0.15) is 11.6 Å². The molecule has 0 aliphatic heterocycles. The molecule has 21 heavy (non-hydrogen) atoms. The Morgan fingerprint density at radius 1 is 1.19 bits per heavy atom. The second-order valence-corrected chi connectivity index (χ2v) is 5.46. The molecule has 104 valence electrons. The van der Waals surface area contributed by atoms with Crippen molar-refractivity contribution < 1.29 is 9.47 Å². The molecule has 0 N–H and O–H groups in total. The fourth-order valence-corrected chi connectivity index (χ4v) is 2.86. The summed E-state index contributed by atoms with van der Waals surface area (Å²) in [6, 6.07) is 15.2. The van der Waals surface area contributed by atoms with E-state index in [0.717, 1.165) is 15.2 Å². The number of ether oxygens (including phenoxy) is 2. The number of para-hydroxylation sites is 1. The van der Waals surface area contributed by atoms with Gasteiger partial charge in [0.25, 0.3) is 0 Å². The van der Waals surface area contributed by atoms with Gasteiger partial charge in [-0.15, -0.1) is 11.3 Å². The smallest absolute Gasteiger partial charge is 0.162 e. The van der Waals surface area contributed by atoms with E-state index in [4.69, 9.17) is 14.7 Å². The zero-order valence-corrected chi connectivity index (χ0v) is 12.2. The van der Waals surface area contributed by atoms with Gasteiger partial charge >= 0.3 is 0 Å². The third-order valence-corrected chi connectivity index (χ3v) is 3.99. The second kappa shape index (κ2) is 5.81. The lowest BCUT2D eigenvalue weighted by Gasteiger charge is -2.09. The Morgan fingerprint density at radius 3 is 2.81 bits per heavy atom. The molecule has 3 aromatic rings. The van der Waals surface area contributed by atoms with Gasteiger partial charge in [-0.25, -0.2) is 4.98 Å². The molecule has 0 aliphatic carbocycles. The topological polar surface area (TPSA) is 55.1 Å². The number of fused-ring (bicyclic) bond motifs is 1. The maximum Gasteiger partial charge on any atom is 0.162 e. The van der Waals surface area contributed by atoms with E-state index < -0.39 is 0 Å². The Labute approximate surface area is 126 Å². The zero-order valence-electron chi connectivity index (χ0n) is 11.4. The summed E-state index contributed by atoms with van der Waals surface area (Å²) in [6.45, 7) is 0.377. The van der Waals surface area contributed by atoms with Crippen molar-refractivity contribution in [2.45, 2.75) is 6.61 Å². The number of nitrogens with zero attached hydrogens (tertiary/aromatic N) is 2. The van der Waals surface area contributed by atoms with E-state index in [9.17, 15) is 0 Å². The Hall–Kier alpha value is -2.58. The molecule has 0 fully saturated rings. The SMILES string of the molecule is COc1cc(C#N)ccc1OCc1nc2ccccc2s1. The minimum Gasteiger partial charge on any atom is -0.493 e. The first-order valence-corrected chi connectivity index (χ1v) is 7.17. The second-order valence-electron chi connectivity index (χ2n) is 4.34. The largest absolute Gasteiger partial charge is 0.493 e. The highest BCUT2D eigenvalue weighted by atomic mass is 32.1. The van der Waals surface area contributed by atoms with E-state index in [1.165, 1.54) is 0 Å². The molecule has 2 aromatic carbocycles. The Morgan fingerprint density at radius 2 is 2.05 bits per heavy atom. The monoisotopic (exact) mass is 296 g/mol. The van der Waals surface area contributed by atoms with E-state index in [1.54, 1.807) is 36.6 Å². The average molecular weight is 296 g/mol. The Balaban J connectivity index is 1.79. The average Bonchev–Trinajstić information content (AvgIpc) is 2.95. The van der Waals surface area contributed by atoms with Crippen LogP contribution in [0.4, 0.5) is 0 Å². The van der Waals surface area contributed by atoms with Gasteiger partial charge in [0, 0.05) is 6.07 Å². The van der Waals surface area contributed by atoms with E-state index >= 15 is 0 Å².